The van der Waals surface area contributed by atoms with Gasteiger partial charge in [-0.15, -0.1) is 0 Å². The van der Waals surface area contributed by atoms with Crippen molar-refractivity contribution in [3.05, 3.63) is 29.8 Å². The molecule has 0 unspecified atom stereocenters. The smallest absolute Gasteiger partial charge is 0.0558 e. The van der Waals surface area contributed by atoms with Gasteiger partial charge in [0.25, 0.3) is 0 Å². The van der Waals surface area contributed by atoms with Gasteiger partial charge in [0.15, 0.2) is 0 Å². The molecular weight excluding hydrogens is 212 g/mol. The zero-order chi connectivity index (χ0) is 12.1. The van der Waals surface area contributed by atoms with Crippen LogP contribution in [0.2, 0.25) is 0 Å². The third-order valence-electron chi connectivity index (χ3n) is 3.57. The molecule has 3 heteroatoms. The fourth-order valence-corrected chi connectivity index (χ4v) is 2.71. The lowest BCUT2D eigenvalue weighted by Crippen LogP contribution is -2.35. The van der Waals surface area contributed by atoms with Crippen LogP contribution in [0.5, 0.6) is 0 Å². The topological polar surface area (TPSA) is 49.5 Å². The van der Waals surface area contributed by atoms with Gasteiger partial charge in [0.1, 0.15) is 0 Å². The molecule has 3 nitrogen and oxygen atoms in total. The molecule has 94 valence electrons. The van der Waals surface area contributed by atoms with Crippen molar-refractivity contribution in [1.29, 1.82) is 0 Å². The van der Waals surface area contributed by atoms with Crippen LogP contribution in [0.15, 0.2) is 24.3 Å². The van der Waals surface area contributed by atoms with Crippen LogP contribution >= 0.6 is 0 Å². The lowest BCUT2D eigenvalue weighted by atomic mass is 10.1. The molecule has 3 N–H and O–H groups in total. The fourth-order valence-electron chi connectivity index (χ4n) is 2.71. The van der Waals surface area contributed by atoms with Crippen molar-refractivity contribution in [2.45, 2.75) is 38.3 Å². The Labute approximate surface area is 103 Å². The Hall–Kier alpha value is -1.06. The molecule has 0 saturated heterocycles. The molecule has 0 aliphatic heterocycles. The van der Waals surface area contributed by atoms with Crippen LogP contribution in [0.4, 0.5) is 5.69 Å². The van der Waals surface area contributed by atoms with E-state index in [0.29, 0.717) is 6.04 Å². The number of hydrogen-bond acceptors (Lipinski definition) is 3. The summed E-state index contributed by atoms with van der Waals surface area (Å²) >= 11 is 0. The minimum Gasteiger partial charge on any atom is -0.399 e. The maximum Gasteiger partial charge on any atom is 0.0558 e. The third kappa shape index (κ3) is 3.45. The van der Waals surface area contributed by atoms with Crippen LogP contribution in [0, 0.1) is 0 Å². The molecule has 0 atom stereocenters. The maximum absolute atomic E-state index is 9.16. The van der Waals surface area contributed by atoms with Crippen molar-refractivity contribution >= 4 is 5.69 Å². The predicted octanol–water partition coefficient (Wildman–Crippen LogP) is 2.01. The Kier molecular flexibility index (Phi) is 4.40. The van der Waals surface area contributed by atoms with Crippen molar-refractivity contribution in [2.24, 2.45) is 0 Å². The van der Waals surface area contributed by atoms with Gasteiger partial charge in [-0.05, 0) is 30.5 Å². The average Bonchev–Trinajstić information content (AvgIpc) is 2.82. The van der Waals surface area contributed by atoms with E-state index in [9.17, 15) is 0 Å². The van der Waals surface area contributed by atoms with Crippen LogP contribution in [0.1, 0.15) is 31.2 Å². The largest absolute Gasteiger partial charge is 0.399 e. The van der Waals surface area contributed by atoms with Gasteiger partial charge in [0.2, 0.25) is 0 Å². The van der Waals surface area contributed by atoms with Gasteiger partial charge in [-0.3, -0.25) is 4.90 Å². The van der Waals surface area contributed by atoms with Crippen molar-refractivity contribution in [3.63, 3.8) is 0 Å². The molecule has 0 amide bonds. The van der Waals surface area contributed by atoms with Crippen LogP contribution < -0.4 is 5.73 Å². The van der Waals surface area contributed by atoms with Crippen molar-refractivity contribution in [2.75, 3.05) is 18.9 Å². The number of hydrogen-bond donors (Lipinski definition) is 2. The third-order valence-corrected chi connectivity index (χ3v) is 3.57. The summed E-state index contributed by atoms with van der Waals surface area (Å²) in [7, 11) is 0. The summed E-state index contributed by atoms with van der Waals surface area (Å²) in [5.74, 6) is 0. The molecule has 1 aliphatic rings. The zero-order valence-corrected chi connectivity index (χ0v) is 10.3. The Bertz CT molecular complexity index is 348. The van der Waals surface area contributed by atoms with E-state index in [1.54, 1.807) is 0 Å². The average molecular weight is 234 g/mol. The molecular formula is C14H22N2O. The van der Waals surface area contributed by atoms with Crippen molar-refractivity contribution in [3.8, 4) is 0 Å². The molecule has 1 aromatic rings. The molecule has 0 radical (unpaired) electrons. The highest BCUT2D eigenvalue weighted by atomic mass is 16.3. The van der Waals surface area contributed by atoms with Gasteiger partial charge >= 0.3 is 0 Å². The second-order valence-corrected chi connectivity index (χ2v) is 4.88. The molecule has 17 heavy (non-hydrogen) atoms. The summed E-state index contributed by atoms with van der Waals surface area (Å²) in [6.07, 6.45) is 5.18. The lowest BCUT2D eigenvalue weighted by Gasteiger charge is -2.28. The van der Waals surface area contributed by atoms with Crippen LogP contribution in [0.3, 0.4) is 0 Å². The first-order chi connectivity index (χ1) is 8.29. The first kappa shape index (κ1) is 12.4. The summed E-state index contributed by atoms with van der Waals surface area (Å²) in [6, 6.07) is 8.68. The Morgan fingerprint density at radius 2 is 2.06 bits per heavy atom. The molecule has 2 rings (SSSR count). The number of aliphatic hydroxyl groups excluding tert-OH is 1. The van der Waals surface area contributed by atoms with Crippen molar-refractivity contribution in [1.82, 2.24) is 4.90 Å². The van der Waals surface area contributed by atoms with E-state index in [4.69, 9.17) is 10.8 Å². The number of aliphatic hydroxyl groups is 1. The number of nitrogens with two attached hydrogens (primary N) is 1. The minimum absolute atomic E-state index is 0.235. The summed E-state index contributed by atoms with van der Waals surface area (Å²) in [5, 5.41) is 9.16. The molecule has 1 aliphatic carbocycles. The molecule has 1 fully saturated rings. The predicted molar refractivity (Wildman–Crippen MR) is 70.6 cm³/mol. The second kappa shape index (κ2) is 6.03. The van der Waals surface area contributed by atoms with Gasteiger partial charge in [-0.2, -0.15) is 0 Å². The van der Waals surface area contributed by atoms with Gasteiger partial charge in [-0.25, -0.2) is 0 Å². The van der Waals surface area contributed by atoms with E-state index in [1.807, 2.05) is 18.2 Å². The number of nitrogens with zero attached hydrogens (tertiary/aromatic N) is 1. The van der Waals surface area contributed by atoms with E-state index in [2.05, 4.69) is 11.0 Å². The van der Waals surface area contributed by atoms with E-state index in [0.717, 1.165) is 18.8 Å². The SMILES string of the molecule is Nc1cccc(CN(CCO)C2CCCC2)c1. The fraction of sp³-hybridized carbons (Fsp3) is 0.571. The van der Waals surface area contributed by atoms with Crippen LogP contribution in [0.25, 0.3) is 0 Å². The highest BCUT2D eigenvalue weighted by molar-refractivity contribution is 5.40. The van der Waals surface area contributed by atoms with Crippen LogP contribution in [-0.4, -0.2) is 29.2 Å². The number of anilines is 1. The van der Waals surface area contributed by atoms with Crippen LogP contribution in [-0.2, 0) is 6.54 Å². The highest BCUT2D eigenvalue weighted by Crippen LogP contribution is 2.24. The van der Waals surface area contributed by atoms with E-state index < -0.39 is 0 Å². The summed E-state index contributed by atoms with van der Waals surface area (Å²) in [6.45, 7) is 1.90. The zero-order valence-electron chi connectivity index (χ0n) is 10.3. The summed E-state index contributed by atoms with van der Waals surface area (Å²) in [4.78, 5) is 2.39. The summed E-state index contributed by atoms with van der Waals surface area (Å²) < 4.78 is 0. The van der Waals surface area contributed by atoms with Gasteiger partial charge in [0.05, 0.1) is 6.61 Å². The van der Waals surface area contributed by atoms with E-state index in [-0.39, 0.29) is 6.61 Å². The number of nitrogen functional groups attached to an aromatic ring is 1. The quantitative estimate of drug-likeness (QED) is 0.766. The first-order valence-corrected chi connectivity index (χ1v) is 6.49. The molecule has 0 bridgehead atoms. The molecule has 0 aromatic heterocycles. The Morgan fingerprint density at radius 3 is 2.71 bits per heavy atom. The van der Waals surface area contributed by atoms with E-state index in [1.165, 1.54) is 31.2 Å². The Balaban J connectivity index is 2.01. The van der Waals surface area contributed by atoms with E-state index >= 15 is 0 Å². The molecule has 1 aromatic carbocycles. The highest BCUT2D eigenvalue weighted by Gasteiger charge is 2.22. The molecule has 0 spiro atoms. The van der Waals surface area contributed by atoms with Crippen molar-refractivity contribution < 1.29 is 5.11 Å². The molecule has 0 heterocycles. The normalized spacial score (nSPS) is 16.8. The van der Waals surface area contributed by atoms with Gasteiger partial charge in [0, 0.05) is 24.8 Å². The van der Waals surface area contributed by atoms with Gasteiger partial charge in [-0.1, -0.05) is 25.0 Å². The minimum atomic E-state index is 0.235. The number of benzene rings is 1. The second-order valence-electron chi connectivity index (χ2n) is 4.88. The maximum atomic E-state index is 9.16. The first-order valence-electron chi connectivity index (χ1n) is 6.49. The summed E-state index contributed by atoms with van der Waals surface area (Å²) in [5.41, 5.74) is 7.85. The lowest BCUT2D eigenvalue weighted by molar-refractivity contribution is 0.145. The monoisotopic (exact) mass is 234 g/mol. The standard InChI is InChI=1S/C14H22N2O/c15-13-5-3-4-12(10-13)11-16(8-9-17)14-6-1-2-7-14/h3-5,10,14,17H,1-2,6-9,11,15H2. The number of rotatable bonds is 5. The Morgan fingerprint density at radius 1 is 1.29 bits per heavy atom. The van der Waals surface area contributed by atoms with Gasteiger partial charge < -0.3 is 10.8 Å². The molecule has 1 saturated carbocycles.